The molecule has 0 radical (unpaired) electrons. The maximum Gasteiger partial charge on any atom is 0.119 e. The van der Waals surface area contributed by atoms with Gasteiger partial charge in [0.05, 0.1) is 0 Å². The van der Waals surface area contributed by atoms with Crippen molar-refractivity contribution in [3.05, 3.63) is 29.3 Å². The van der Waals surface area contributed by atoms with E-state index in [-0.39, 0.29) is 6.10 Å². The van der Waals surface area contributed by atoms with Crippen LogP contribution in [0.1, 0.15) is 32.1 Å². The molecule has 2 atom stereocenters. The van der Waals surface area contributed by atoms with Crippen LogP contribution in [0.5, 0.6) is 5.75 Å². The Bertz CT molecular complexity index is 339. The van der Waals surface area contributed by atoms with Gasteiger partial charge in [-0.05, 0) is 50.6 Å². The van der Waals surface area contributed by atoms with Crippen molar-refractivity contribution >= 4 is 11.6 Å². The molecule has 0 saturated heterocycles. The smallest absolute Gasteiger partial charge is 0.119 e. The second-order valence-electron chi connectivity index (χ2n) is 4.64. The third-order valence-corrected chi connectivity index (χ3v) is 3.68. The molecule has 1 aromatic carbocycles. The molecule has 0 aromatic heterocycles. The molecule has 0 aliphatic heterocycles. The summed E-state index contributed by atoms with van der Waals surface area (Å²) in [6, 6.07) is 8.11. The first-order chi connectivity index (χ1) is 8.29. The topological polar surface area (TPSA) is 21.3 Å². The van der Waals surface area contributed by atoms with E-state index in [1.807, 2.05) is 31.3 Å². The molecule has 0 bridgehead atoms. The molecule has 2 nitrogen and oxygen atoms in total. The number of nitrogens with one attached hydrogen (secondary N) is 1. The van der Waals surface area contributed by atoms with E-state index in [0.29, 0.717) is 6.04 Å². The molecule has 1 aromatic rings. The highest BCUT2D eigenvalue weighted by atomic mass is 35.5. The molecular formula is C14H20ClNO. The highest BCUT2D eigenvalue weighted by Gasteiger charge is 2.23. The molecule has 0 amide bonds. The third kappa shape index (κ3) is 3.62. The predicted molar refractivity (Wildman–Crippen MR) is 71.8 cm³/mol. The third-order valence-electron chi connectivity index (χ3n) is 3.42. The van der Waals surface area contributed by atoms with Crippen LogP contribution in [0.2, 0.25) is 5.02 Å². The number of ether oxygens (including phenoxy) is 1. The highest BCUT2D eigenvalue weighted by molar-refractivity contribution is 6.30. The summed E-state index contributed by atoms with van der Waals surface area (Å²) in [4.78, 5) is 0. The normalized spacial score (nSPS) is 25.3. The molecule has 1 aliphatic carbocycles. The van der Waals surface area contributed by atoms with Gasteiger partial charge in [-0.1, -0.05) is 24.4 Å². The summed E-state index contributed by atoms with van der Waals surface area (Å²) in [6.07, 6.45) is 6.49. The van der Waals surface area contributed by atoms with Crippen molar-refractivity contribution in [2.24, 2.45) is 0 Å². The lowest BCUT2D eigenvalue weighted by atomic mass is 10.1. The summed E-state index contributed by atoms with van der Waals surface area (Å²) >= 11 is 5.87. The Labute approximate surface area is 108 Å². The minimum atomic E-state index is 0.281. The quantitative estimate of drug-likeness (QED) is 0.831. The average molecular weight is 254 g/mol. The van der Waals surface area contributed by atoms with Crippen LogP contribution in [0, 0.1) is 0 Å². The average Bonchev–Trinajstić information content (AvgIpc) is 2.57. The van der Waals surface area contributed by atoms with Gasteiger partial charge in [0, 0.05) is 11.1 Å². The highest BCUT2D eigenvalue weighted by Crippen LogP contribution is 2.24. The monoisotopic (exact) mass is 253 g/mol. The van der Waals surface area contributed by atoms with Crippen LogP contribution >= 0.6 is 11.6 Å². The van der Waals surface area contributed by atoms with Gasteiger partial charge in [-0.3, -0.25) is 0 Å². The summed E-state index contributed by atoms with van der Waals surface area (Å²) in [5.41, 5.74) is 0. The molecule has 0 heterocycles. The second-order valence-corrected chi connectivity index (χ2v) is 5.08. The van der Waals surface area contributed by atoms with Crippen LogP contribution < -0.4 is 10.1 Å². The molecule has 3 heteroatoms. The molecule has 1 N–H and O–H groups in total. The lowest BCUT2D eigenvalue weighted by Crippen LogP contribution is -2.40. The van der Waals surface area contributed by atoms with E-state index < -0.39 is 0 Å². The molecule has 94 valence electrons. The maximum atomic E-state index is 6.07. The van der Waals surface area contributed by atoms with Gasteiger partial charge in [0.15, 0.2) is 0 Å². The Kier molecular flexibility index (Phi) is 4.69. The van der Waals surface area contributed by atoms with Crippen molar-refractivity contribution in [1.82, 2.24) is 5.32 Å². The summed E-state index contributed by atoms with van der Waals surface area (Å²) in [7, 11) is 2.02. The summed E-state index contributed by atoms with van der Waals surface area (Å²) in [5.74, 6) is 0.918. The molecule has 1 saturated carbocycles. The molecule has 1 aliphatic rings. The van der Waals surface area contributed by atoms with Crippen molar-refractivity contribution in [1.29, 1.82) is 0 Å². The van der Waals surface area contributed by atoms with E-state index >= 15 is 0 Å². The molecule has 17 heavy (non-hydrogen) atoms. The first-order valence-corrected chi connectivity index (χ1v) is 6.77. The van der Waals surface area contributed by atoms with Crippen molar-refractivity contribution in [3.63, 3.8) is 0 Å². The second kappa shape index (κ2) is 6.27. The van der Waals surface area contributed by atoms with Crippen LogP contribution in [0.15, 0.2) is 24.3 Å². The fourth-order valence-electron chi connectivity index (χ4n) is 2.43. The largest absolute Gasteiger partial charge is 0.489 e. The number of benzene rings is 1. The van der Waals surface area contributed by atoms with Crippen LogP contribution in [0.3, 0.4) is 0 Å². The van der Waals surface area contributed by atoms with Gasteiger partial charge < -0.3 is 10.1 Å². The summed E-state index contributed by atoms with van der Waals surface area (Å²) in [5, 5.41) is 4.13. The molecule has 1 fully saturated rings. The fourth-order valence-corrected chi connectivity index (χ4v) is 2.56. The SMILES string of the molecule is CNC1CCCCCC1Oc1ccc(Cl)cc1. The number of hydrogen-bond donors (Lipinski definition) is 1. The van der Waals surface area contributed by atoms with Crippen LogP contribution in [-0.2, 0) is 0 Å². The van der Waals surface area contributed by atoms with Crippen LogP contribution in [-0.4, -0.2) is 19.2 Å². The molecule has 2 unspecified atom stereocenters. The van der Waals surface area contributed by atoms with E-state index in [1.54, 1.807) is 0 Å². The van der Waals surface area contributed by atoms with E-state index in [9.17, 15) is 0 Å². The number of rotatable bonds is 3. The van der Waals surface area contributed by atoms with E-state index in [4.69, 9.17) is 16.3 Å². The number of halogens is 1. The zero-order valence-corrected chi connectivity index (χ0v) is 11.0. The van der Waals surface area contributed by atoms with Crippen molar-refractivity contribution < 1.29 is 4.74 Å². The standard InChI is InChI=1S/C14H20ClNO/c1-16-13-5-3-2-4-6-14(13)17-12-9-7-11(15)8-10-12/h7-10,13-14,16H,2-6H2,1H3. The van der Waals surface area contributed by atoms with E-state index in [2.05, 4.69) is 5.32 Å². The molecule has 0 spiro atoms. The van der Waals surface area contributed by atoms with Gasteiger partial charge in [0.2, 0.25) is 0 Å². The fraction of sp³-hybridized carbons (Fsp3) is 0.571. The van der Waals surface area contributed by atoms with E-state index in [0.717, 1.165) is 17.2 Å². The Balaban J connectivity index is 2.01. The zero-order valence-electron chi connectivity index (χ0n) is 10.3. The summed E-state index contributed by atoms with van der Waals surface area (Å²) < 4.78 is 6.07. The Morgan fingerprint density at radius 2 is 1.82 bits per heavy atom. The first-order valence-electron chi connectivity index (χ1n) is 6.39. The van der Waals surface area contributed by atoms with Crippen molar-refractivity contribution in [2.75, 3.05) is 7.05 Å². The van der Waals surface area contributed by atoms with Gasteiger partial charge in [-0.15, -0.1) is 0 Å². The van der Waals surface area contributed by atoms with Gasteiger partial charge in [-0.2, -0.15) is 0 Å². The minimum absolute atomic E-state index is 0.281. The maximum absolute atomic E-state index is 6.07. The van der Waals surface area contributed by atoms with Crippen molar-refractivity contribution in [3.8, 4) is 5.75 Å². The van der Waals surface area contributed by atoms with Crippen molar-refractivity contribution in [2.45, 2.75) is 44.2 Å². The lowest BCUT2D eigenvalue weighted by Gasteiger charge is -2.25. The zero-order chi connectivity index (χ0) is 12.1. The number of hydrogen-bond acceptors (Lipinski definition) is 2. The minimum Gasteiger partial charge on any atom is -0.489 e. The Morgan fingerprint density at radius 3 is 2.53 bits per heavy atom. The van der Waals surface area contributed by atoms with Gasteiger partial charge in [0.25, 0.3) is 0 Å². The molecular weight excluding hydrogens is 234 g/mol. The number of likely N-dealkylation sites (N-methyl/N-ethyl adjacent to an activating group) is 1. The van der Waals surface area contributed by atoms with Crippen LogP contribution in [0.25, 0.3) is 0 Å². The first kappa shape index (κ1) is 12.7. The van der Waals surface area contributed by atoms with Gasteiger partial charge in [0.1, 0.15) is 11.9 Å². The van der Waals surface area contributed by atoms with Gasteiger partial charge in [-0.25, -0.2) is 0 Å². The van der Waals surface area contributed by atoms with E-state index in [1.165, 1.54) is 25.7 Å². The molecule has 2 rings (SSSR count). The van der Waals surface area contributed by atoms with Gasteiger partial charge >= 0.3 is 0 Å². The Hall–Kier alpha value is -0.730. The Morgan fingerprint density at radius 1 is 1.12 bits per heavy atom. The summed E-state index contributed by atoms with van der Waals surface area (Å²) in [6.45, 7) is 0. The predicted octanol–water partition coefficient (Wildman–Crippen LogP) is 3.64. The van der Waals surface area contributed by atoms with Crippen LogP contribution in [0.4, 0.5) is 0 Å². The lowest BCUT2D eigenvalue weighted by molar-refractivity contribution is 0.149.